The first-order valence-electron chi connectivity index (χ1n) is 11.9. The lowest BCUT2D eigenvalue weighted by Crippen LogP contribution is -2.38. The fourth-order valence-electron chi connectivity index (χ4n) is 4.50. The van der Waals surface area contributed by atoms with E-state index in [1.54, 1.807) is 4.57 Å². The zero-order valence-electron chi connectivity index (χ0n) is 19.8. The molecule has 0 unspecified atom stereocenters. The topological polar surface area (TPSA) is 42.6 Å². The lowest BCUT2D eigenvalue weighted by atomic mass is 9.90. The van der Waals surface area contributed by atoms with Crippen LogP contribution in [0.4, 0.5) is 0 Å². The van der Waals surface area contributed by atoms with Crippen LogP contribution >= 0.6 is 0 Å². The fourth-order valence-corrected chi connectivity index (χ4v) is 4.50. The highest BCUT2D eigenvalue weighted by molar-refractivity contribution is 5.37. The fraction of sp³-hybridized carbons (Fsp3) is 0.640. The Bertz CT molecular complexity index is 832. The average molecular weight is 429 g/mol. The first kappa shape index (κ1) is 23.6. The molecule has 3 rings (SSSR count). The van der Waals surface area contributed by atoms with Crippen LogP contribution in [0.15, 0.2) is 41.5 Å². The summed E-state index contributed by atoms with van der Waals surface area (Å²) in [5, 5.41) is 0. The summed E-state index contributed by atoms with van der Waals surface area (Å²) in [6.45, 7) is 5.16. The SMILES string of the molecule is CCCCOc1ccc(-n2ccn(C3CCC(N(C)CCCN(C)C)CC3)c2=O)cc1. The van der Waals surface area contributed by atoms with E-state index in [2.05, 4.69) is 37.9 Å². The second-order valence-corrected chi connectivity index (χ2v) is 9.15. The first-order chi connectivity index (χ1) is 15.0. The summed E-state index contributed by atoms with van der Waals surface area (Å²) in [7, 11) is 6.51. The van der Waals surface area contributed by atoms with Crippen molar-refractivity contribution in [3.63, 3.8) is 0 Å². The van der Waals surface area contributed by atoms with Crippen LogP contribution in [0, 0.1) is 0 Å². The summed E-state index contributed by atoms with van der Waals surface area (Å²) in [4.78, 5) is 17.8. The summed E-state index contributed by atoms with van der Waals surface area (Å²) < 4.78 is 9.42. The van der Waals surface area contributed by atoms with Crippen molar-refractivity contribution in [3.05, 3.63) is 47.1 Å². The van der Waals surface area contributed by atoms with E-state index >= 15 is 0 Å². The molecule has 1 fully saturated rings. The lowest BCUT2D eigenvalue weighted by Gasteiger charge is -2.35. The van der Waals surface area contributed by atoms with Crippen LogP contribution in [-0.2, 0) is 0 Å². The Labute approximate surface area is 187 Å². The van der Waals surface area contributed by atoms with Gasteiger partial charge < -0.3 is 14.5 Å². The number of ether oxygens (including phenoxy) is 1. The quantitative estimate of drug-likeness (QED) is 0.504. The van der Waals surface area contributed by atoms with Crippen LogP contribution < -0.4 is 10.4 Å². The van der Waals surface area contributed by atoms with Crippen LogP contribution in [0.5, 0.6) is 5.75 Å². The van der Waals surface area contributed by atoms with Gasteiger partial charge in [-0.15, -0.1) is 0 Å². The molecule has 1 saturated carbocycles. The van der Waals surface area contributed by atoms with Crippen LogP contribution in [-0.4, -0.2) is 65.8 Å². The van der Waals surface area contributed by atoms with Gasteiger partial charge in [-0.25, -0.2) is 4.79 Å². The molecule has 1 aromatic carbocycles. The maximum Gasteiger partial charge on any atom is 0.332 e. The van der Waals surface area contributed by atoms with Gasteiger partial charge in [0.05, 0.1) is 12.3 Å². The van der Waals surface area contributed by atoms with E-state index in [0.717, 1.165) is 69.7 Å². The molecular formula is C25H40N4O2. The largest absolute Gasteiger partial charge is 0.494 e. The molecule has 31 heavy (non-hydrogen) atoms. The van der Waals surface area contributed by atoms with E-state index in [-0.39, 0.29) is 5.69 Å². The van der Waals surface area contributed by atoms with Crippen molar-refractivity contribution < 1.29 is 4.74 Å². The zero-order valence-corrected chi connectivity index (χ0v) is 19.8. The number of benzene rings is 1. The van der Waals surface area contributed by atoms with Gasteiger partial charge in [0.1, 0.15) is 5.75 Å². The number of nitrogens with zero attached hydrogens (tertiary/aromatic N) is 4. The van der Waals surface area contributed by atoms with Gasteiger partial charge in [0.2, 0.25) is 0 Å². The minimum atomic E-state index is 0.0578. The Balaban J connectivity index is 1.55. The Hall–Kier alpha value is -2.05. The van der Waals surface area contributed by atoms with E-state index in [9.17, 15) is 4.79 Å². The van der Waals surface area contributed by atoms with Gasteiger partial charge >= 0.3 is 5.69 Å². The third-order valence-electron chi connectivity index (χ3n) is 6.48. The number of hydrogen-bond donors (Lipinski definition) is 0. The van der Waals surface area contributed by atoms with Gasteiger partial charge in [-0.1, -0.05) is 13.3 Å². The molecule has 6 heteroatoms. The monoisotopic (exact) mass is 428 g/mol. The Morgan fingerprint density at radius 1 is 0.968 bits per heavy atom. The molecular weight excluding hydrogens is 388 g/mol. The normalized spacial score (nSPS) is 19.3. The van der Waals surface area contributed by atoms with Crippen LogP contribution in [0.25, 0.3) is 5.69 Å². The number of rotatable bonds is 11. The van der Waals surface area contributed by atoms with Crippen molar-refractivity contribution in [2.45, 2.75) is 64.0 Å². The second kappa shape index (κ2) is 11.5. The van der Waals surface area contributed by atoms with Crippen molar-refractivity contribution in [2.75, 3.05) is 40.8 Å². The molecule has 2 aromatic rings. The summed E-state index contributed by atoms with van der Waals surface area (Å²) >= 11 is 0. The molecule has 0 saturated heterocycles. The van der Waals surface area contributed by atoms with Gasteiger partial charge in [0, 0.05) is 24.5 Å². The van der Waals surface area contributed by atoms with Crippen LogP contribution in [0.2, 0.25) is 0 Å². The predicted octanol–water partition coefficient (Wildman–Crippen LogP) is 4.19. The standard InChI is InChI=1S/C25H40N4O2/c1-5-6-20-31-24-14-12-23(13-15-24)29-19-18-28(25(29)30)22-10-8-21(9-11-22)27(4)17-7-16-26(2)3/h12-15,18-19,21-22H,5-11,16-17,20H2,1-4H3. The van der Waals surface area contributed by atoms with Crippen molar-refractivity contribution in [1.82, 2.24) is 18.9 Å². The molecule has 0 radical (unpaired) electrons. The highest BCUT2D eigenvalue weighted by Crippen LogP contribution is 2.30. The number of imidazole rings is 1. The van der Waals surface area contributed by atoms with Gasteiger partial charge in [0.15, 0.2) is 0 Å². The van der Waals surface area contributed by atoms with Crippen LogP contribution in [0.3, 0.4) is 0 Å². The van der Waals surface area contributed by atoms with E-state index in [0.29, 0.717) is 12.1 Å². The molecule has 0 amide bonds. The third-order valence-corrected chi connectivity index (χ3v) is 6.48. The van der Waals surface area contributed by atoms with E-state index < -0.39 is 0 Å². The summed E-state index contributed by atoms with van der Waals surface area (Å²) in [5.74, 6) is 0.859. The third kappa shape index (κ3) is 6.47. The van der Waals surface area contributed by atoms with Crippen molar-refractivity contribution in [1.29, 1.82) is 0 Å². The molecule has 1 aliphatic carbocycles. The molecule has 1 heterocycles. The molecule has 0 bridgehead atoms. The highest BCUT2D eigenvalue weighted by atomic mass is 16.5. The maximum absolute atomic E-state index is 13.1. The molecule has 0 spiro atoms. The predicted molar refractivity (Wildman–Crippen MR) is 128 cm³/mol. The smallest absolute Gasteiger partial charge is 0.332 e. The molecule has 0 N–H and O–H groups in total. The van der Waals surface area contributed by atoms with Crippen molar-refractivity contribution in [2.24, 2.45) is 0 Å². The average Bonchev–Trinajstić information content (AvgIpc) is 3.15. The Morgan fingerprint density at radius 2 is 1.68 bits per heavy atom. The van der Waals surface area contributed by atoms with Gasteiger partial charge in [-0.3, -0.25) is 9.13 Å². The van der Waals surface area contributed by atoms with Gasteiger partial charge in [0.25, 0.3) is 0 Å². The Kier molecular flexibility index (Phi) is 8.79. The van der Waals surface area contributed by atoms with Crippen molar-refractivity contribution in [3.8, 4) is 11.4 Å². The van der Waals surface area contributed by atoms with Crippen molar-refractivity contribution >= 4 is 0 Å². The zero-order chi connectivity index (χ0) is 22.2. The number of hydrogen-bond acceptors (Lipinski definition) is 4. The lowest BCUT2D eigenvalue weighted by molar-refractivity contribution is 0.160. The first-order valence-corrected chi connectivity index (χ1v) is 11.9. The summed E-state index contributed by atoms with van der Waals surface area (Å²) in [6.07, 6.45) is 11.7. The van der Waals surface area contributed by atoms with Gasteiger partial charge in [-0.2, -0.15) is 0 Å². The summed E-state index contributed by atoms with van der Waals surface area (Å²) in [6, 6.07) is 8.77. The molecule has 6 nitrogen and oxygen atoms in total. The molecule has 0 atom stereocenters. The Morgan fingerprint density at radius 3 is 2.32 bits per heavy atom. The van der Waals surface area contributed by atoms with Gasteiger partial charge in [-0.05, 0) is 97.0 Å². The second-order valence-electron chi connectivity index (χ2n) is 9.15. The highest BCUT2D eigenvalue weighted by Gasteiger charge is 2.26. The molecule has 1 aromatic heterocycles. The maximum atomic E-state index is 13.1. The molecule has 0 aliphatic heterocycles. The molecule has 1 aliphatic rings. The minimum Gasteiger partial charge on any atom is -0.494 e. The number of aromatic nitrogens is 2. The van der Waals surface area contributed by atoms with E-state index in [1.807, 2.05) is 41.2 Å². The number of unbranched alkanes of at least 4 members (excludes halogenated alkanes) is 1. The van der Waals surface area contributed by atoms with E-state index in [4.69, 9.17) is 4.74 Å². The van der Waals surface area contributed by atoms with Crippen LogP contribution in [0.1, 0.15) is 57.9 Å². The summed E-state index contributed by atoms with van der Waals surface area (Å²) in [5.41, 5.74) is 0.948. The minimum absolute atomic E-state index is 0.0578. The van der Waals surface area contributed by atoms with E-state index in [1.165, 1.54) is 6.42 Å². The molecule has 172 valence electrons.